The molecule has 16 heteroatoms. The van der Waals surface area contributed by atoms with Gasteiger partial charge in [0.2, 0.25) is 17.7 Å². The monoisotopic (exact) mass is 985 g/mol. The van der Waals surface area contributed by atoms with Gasteiger partial charge in [0.05, 0.1) is 37.4 Å². The van der Waals surface area contributed by atoms with E-state index in [1.54, 1.807) is 63.7 Å². The summed E-state index contributed by atoms with van der Waals surface area (Å²) in [5, 5.41) is 12.1. The number of ether oxygens (including phenoxy) is 2. The van der Waals surface area contributed by atoms with E-state index in [1.807, 2.05) is 55.4 Å². The Labute approximate surface area is 418 Å². The Kier molecular flexibility index (Phi) is 33.2. The lowest BCUT2D eigenvalue weighted by molar-refractivity contribution is -0.146. The van der Waals surface area contributed by atoms with Gasteiger partial charge in [-0.15, -0.1) is 12.4 Å². The van der Waals surface area contributed by atoms with Crippen LogP contribution in [-0.2, 0) is 38.2 Å². The maximum absolute atomic E-state index is 13.5. The number of nitrogens with one attached hydrogen (secondary N) is 1. The minimum Gasteiger partial charge on any atom is -0.480 e. The van der Waals surface area contributed by atoms with Crippen molar-refractivity contribution >= 4 is 48.0 Å². The minimum absolute atomic E-state index is 0. The van der Waals surface area contributed by atoms with E-state index in [0.717, 1.165) is 64.5 Å². The molecule has 2 aliphatic heterocycles. The topological polar surface area (TPSA) is 192 Å². The molecule has 4 N–H and O–H groups in total. The van der Waals surface area contributed by atoms with Crippen LogP contribution in [0.15, 0.2) is 23.3 Å². The molecule has 15 nitrogen and oxygen atoms in total. The van der Waals surface area contributed by atoms with Gasteiger partial charge in [0.15, 0.2) is 0 Å². The van der Waals surface area contributed by atoms with Gasteiger partial charge in [0.1, 0.15) is 12.1 Å². The Morgan fingerprint density at radius 2 is 1.01 bits per heavy atom. The van der Waals surface area contributed by atoms with Gasteiger partial charge in [-0.1, -0.05) is 94.2 Å². The second kappa shape index (κ2) is 33.9. The molecule has 2 rings (SSSR count). The highest BCUT2D eigenvalue weighted by Gasteiger charge is 2.37. The van der Waals surface area contributed by atoms with Crippen LogP contribution in [0, 0.1) is 23.7 Å². The summed E-state index contributed by atoms with van der Waals surface area (Å²) >= 11 is 0. The predicted octanol–water partition coefficient (Wildman–Crippen LogP) is 7.88. The molecule has 2 heterocycles. The number of halogens is 1. The Bertz CT molecular complexity index is 1600. The quantitative estimate of drug-likeness (QED) is 0.0746. The van der Waals surface area contributed by atoms with Gasteiger partial charge in [-0.3, -0.25) is 29.0 Å². The number of nitrogens with zero attached hydrogens (tertiary/aromatic N) is 4. The third-order valence-electron chi connectivity index (χ3n) is 13.2. The lowest BCUT2D eigenvalue weighted by Crippen LogP contribution is -2.59. The van der Waals surface area contributed by atoms with Crippen LogP contribution < -0.4 is 11.1 Å². The van der Waals surface area contributed by atoms with Crippen molar-refractivity contribution in [3.8, 4) is 0 Å². The second-order valence-electron chi connectivity index (χ2n) is 19.9. The van der Waals surface area contributed by atoms with Crippen molar-refractivity contribution in [3.63, 3.8) is 0 Å². The lowest BCUT2D eigenvalue weighted by Gasteiger charge is -2.40. The number of piperidine rings is 2. The Hall–Kier alpha value is -3.53. The maximum atomic E-state index is 13.5. The van der Waals surface area contributed by atoms with Gasteiger partial charge >= 0.3 is 17.9 Å². The number of esters is 2. The molecule has 8 atom stereocenters. The van der Waals surface area contributed by atoms with Gasteiger partial charge < -0.3 is 35.4 Å². The summed E-state index contributed by atoms with van der Waals surface area (Å²) in [5.41, 5.74) is 6.92. The number of nitrogens with two attached hydrogens (primary N) is 1. The number of likely N-dealkylation sites (N-methyl/N-ethyl adjacent to an activating group) is 2. The fourth-order valence-corrected chi connectivity index (χ4v) is 8.42. The first-order chi connectivity index (χ1) is 31.2. The molecule has 2 aliphatic rings. The van der Waals surface area contributed by atoms with E-state index >= 15 is 0 Å². The zero-order chi connectivity index (χ0) is 51.9. The molecule has 0 saturated carbocycles. The van der Waals surface area contributed by atoms with E-state index in [1.165, 1.54) is 0 Å². The van der Waals surface area contributed by atoms with E-state index in [4.69, 9.17) is 20.3 Å². The summed E-state index contributed by atoms with van der Waals surface area (Å²) in [7, 11) is 3.47. The Morgan fingerprint density at radius 1 is 0.632 bits per heavy atom. The van der Waals surface area contributed by atoms with Crippen LogP contribution in [0.5, 0.6) is 0 Å². The average molecular weight is 986 g/mol. The normalized spacial score (nSPS) is 19.7. The molecule has 0 radical (unpaired) electrons. The summed E-state index contributed by atoms with van der Waals surface area (Å²) in [5.74, 6) is -1.43. The van der Waals surface area contributed by atoms with Gasteiger partial charge in [0, 0.05) is 37.3 Å². The zero-order valence-electron chi connectivity index (χ0n) is 45.6. The molecule has 0 bridgehead atoms. The molecule has 4 unspecified atom stereocenters. The smallest absolute Gasteiger partial charge is 0.333 e. The standard InChI is InChI=1S/C26H47N3O4.C16H30N2O3.C10H19NO2.ClH/c1-10-20(8)29-15-13-12-14-21(29)24(30)27-23(18(5)6)25(31)28(9)22(17(3)4)16-19(7)26(32)33-11-2;1-8-21-16(20)12(6)9-13(10(2)3)18(7)15(19)14(17)11(4)5;1-3-8(2)11-7-5-4-6-9(11)10(12)13;/h16-18,20-23H,10-15H2,1-9H3,(H,27,30);9-11,13-14H,8,17H2,1-7H3;8-9H,3-7H2,1-2H3,(H,12,13);1H/b19-16+;12-9+;;/t20?,21?,22-,23+;13-,14+;;/m11../s1. The second-order valence-corrected chi connectivity index (χ2v) is 19.9. The number of likely N-dealkylation sites (tertiary alicyclic amines) is 2. The molecule has 0 aromatic rings. The largest absolute Gasteiger partial charge is 0.480 e. The predicted molar refractivity (Wildman–Crippen MR) is 276 cm³/mol. The number of rotatable bonds is 21. The van der Waals surface area contributed by atoms with Crippen molar-refractivity contribution in [2.24, 2.45) is 29.4 Å². The third kappa shape index (κ3) is 21.6. The summed E-state index contributed by atoms with van der Waals surface area (Å²) < 4.78 is 10.1. The van der Waals surface area contributed by atoms with Crippen LogP contribution >= 0.6 is 12.4 Å². The molecule has 2 saturated heterocycles. The summed E-state index contributed by atoms with van der Waals surface area (Å²) in [6, 6.07) is -1.32. The molecule has 68 heavy (non-hydrogen) atoms. The number of carbonyl (C=O) groups is 6. The Morgan fingerprint density at radius 3 is 1.35 bits per heavy atom. The maximum Gasteiger partial charge on any atom is 0.333 e. The van der Waals surface area contributed by atoms with Crippen LogP contribution in [0.2, 0.25) is 0 Å². The number of carboxylic acid groups (broad SMARTS) is 1. The number of carboxylic acids is 1. The number of hydrogen-bond acceptors (Lipinski definition) is 11. The summed E-state index contributed by atoms with van der Waals surface area (Å²) in [6.45, 7) is 33.8. The number of amides is 3. The first-order valence-corrected chi connectivity index (χ1v) is 25.3. The van der Waals surface area contributed by atoms with Gasteiger partial charge in [-0.25, -0.2) is 9.59 Å². The minimum atomic E-state index is -0.653. The van der Waals surface area contributed by atoms with E-state index in [9.17, 15) is 28.8 Å². The third-order valence-corrected chi connectivity index (χ3v) is 13.2. The van der Waals surface area contributed by atoms with E-state index in [0.29, 0.717) is 36.4 Å². The van der Waals surface area contributed by atoms with Crippen LogP contribution in [-0.4, -0.2) is 149 Å². The van der Waals surface area contributed by atoms with E-state index in [-0.39, 0.29) is 89.9 Å². The molecule has 0 spiro atoms. The molecule has 0 aromatic carbocycles. The van der Waals surface area contributed by atoms with Gasteiger partial charge in [0.25, 0.3) is 0 Å². The van der Waals surface area contributed by atoms with Crippen molar-refractivity contribution in [3.05, 3.63) is 23.3 Å². The molecule has 0 aliphatic carbocycles. The van der Waals surface area contributed by atoms with Crippen LogP contribution in [0.3, 0.4) is 0 Å². The molecule has 396 valence electrons. The fourth-order valence-electron chi connectivity index (χ4n) is 8.42. The first kappa shape index (κ1) is 66.6. The molecular weight excluding hydrogens is 888 g/mol. The lowest BCUT2D eigenvalue weighted by atomic mass is 9.95. The van der Waals surface area contributed by atoms with E-state index < -0.39 is 18.1 Å². The van der Waals surface area contributed by atoms with Crippen molar-refractivity contribution in [2.45, 2.75) is 210 Å². The SMILES string of the molecule is CCC(C)N1CCCCC1C(=O)O.CCOC(=O)/C(C)=C/[C@H](C(C)C)N(C)C(=O)[C@@H](N)C(C)C.CCOC(=O)/C(C)=C/[C@H](C(C)C)N(C)C(=O)[C@@H](NC(=O)C1CCCCN1C(C)CC)C(C)C.Cl. The molecule has 3 amide bonds. The molecular formula is C52H97ClN6O9. The van der Waals surface area contributed by atoms with Crippen molar-refractivity contribution in [2.75, 3.05) is 40.4 Å². The highest BCUT2D eigenvalue weighted by atomic mass is 35.5. The van der Waals surface area contributed by atoms with Crippen molar-refractivity contribution in [1.82, 2.24) is 24.9 Å². The van der Waals surface area contributed by atoms with Crippen molar-refractivity contribution < 1.29 is 43.3 Å². The average Bonchev–Trinajstić information content (AvgIpc) is 3.29. The van der Waals surface area contributed by atoms with Crippen LogP contribution in [0.4, 0.5) is 0 Å². The van der Waals surface area contributed by atoms with Crippen LogP contribution in [0.1, 0.15) is 162 Å². The van der Waals surface area contributed by atoms with E-state index in [2.05, 4.69) is 42.8 Å². The number of hydrogen-bond donors (Lipinski definition) is 3. The number of carbonyl (C=O) groups excluding carboxylic acids is 5. The highest BCUT2D eigenvalue weighted by molar-refractivity contribution is 5.91. The summed E-state index contributed by atoms with van der Waals surface area (Å²) in [4.78, 5) is 81.7. The molecule has 0 aromatic heterocycles. The van der Waals surface area contributed by atoms with Gasteiger partial charge in [-0.2, -0.15) is 0 Å². The Balaban J connectivity index is 0. The zero-order valence-corrected chi connectivity index (χ0v) is 46.4. The fraction of sp³-hybridized carbons (Fsp3) is 0.808. The van der Waals surface area contributed by atoms with Gasteiger partial charge in [-0.05, 0) is 117 Å². The first-order valence-electron chi connectivity index (χ1n) is 25.3. The molecule has 2 fully saturated rings. The van der Waals surface area contributed by atoms with Crippen molar-refractivity contribution in [1.29, 1.82) is 0 Å². The number of aliphatic carboxylic acids is 1. The summed E-state index contributed by atoms with van der Waals surface area (Å²) in [6.07, 6.45) is 11.6. The highest BCUT2D eigenvalue weighted by Crippen LogP contribution is 2.24. The van der Waals surface area contributed by atoms with Crippen LogP contribution in [0.25, 0.3) is 0 Å².